The number of phenols is 1. The van der Waals surface area contributed by atoms with Gasteiger partial charge in [0.05, 0.1) is 18.9 Å². The maximum Gasteiger partial charge on any atom is 0.326 e. The topological polar surface area (TPSA) is 245 Å². The molecule has 0 aromatic heterocycles. The van der Waals surface area contributed by atoms with E-state index in [-0.39, 0.29) is 18.6 Å². The lowest BCUT2D eigenvalue weighted by Crippen LogP contribution is -2.58. The Bertz CT molecular complexity index is 1220. The summed E-state index contributed by atoms with van der Waals surface area (Å²) in [6.45, 7) is 0. The Balaban J connectivity index is 2.33. The highest BCUT2D eigenvalue weighted by Crippen LogP contribution is 2.12. The molecule has 0 saturated carbocycles. The molecule has 14 heteroatoms. The van der Waals surface area contributed by atoms with Crippen molar-refractivity contribution in [2.75, 3.05) is 0 Å². The molecule has 9 N–H and O–H groups in total. The van der Waals surface area contributed by atoms with E-state index >= 15 is 0 Å². The normalized spacial score (nSPS) is 13.6. The van der Waals surface area contributed by atoms with Crippen LogP contribution in [0, 0.1) is 0 Å². The van der Waals surface area contributed by atoms with Gasteiger partial charge in [0, 0.05) is 12.8 Å². The number of nitrogens with two attached hydrogens (primary N) is 1. The predicted octanol–water partition coefficient (Wildman–Crippen LogP) is -1.01. The largest absolute Gasteiger partial charge is 0.508 e. The standard InChI is InChI=1S/C26H30N4O10/c27-17(12-21(32)33)23(36)28-18(11-15-6-8-16(31)9-7-15)24(37)29-19(10-14-4-2-1-3-5-14)25(38)30-20(26(39)40)13-22(34)35/h1-9,17-20,31H,10-13,27H2,(H,28,36)(H,29,37)(H,30,38)(H,32,33)(H,34,35)(H,39,40). The Hall–Kier alpha value is -4.98. The van der Waals surface area contributed by atoms with Gasteiger partial charge in [0.2, 0.25) is 17.7 Å². The van der Waals surface area contributed by atoms with E-state index in [2.05, 4.69) is 16.0 Å². The average Bonchev–Trinajstić information content (AvgIpc) is 2.88. The lowest BCUT2D eigenvalue weighted by Gasteiger charge is -2.25. The zero-order chi connectivity index (χ0) is 29.8. The molecule has 0 aliphatic heterocycles. The Labute approximate surface area is 228 Å². The summed E-state index contributed by atoms with van der Waals surface area (Å²) >= 11 is 0. The third-order valence-electron chi connectivity index (χ3n) is 5.65. The first kappa shape index (κ1) is 31.2. The lowest BCUT2D eigenvalue weighted by atomic mass is 10.0. The molecular weight excluding hydrogens is 528 g/mol. The number of rotatable bonds is 15. The van der Waals surface area contributed by atoms with Crippen LogP contribution in [0.3, 0.4) is 0 Å². The van der Waals surface area contributed by atoms with Gasteiger partial charge in [-0.1, -0.05) is 42.5 Å². The molecule has 0 fully saturated rings. The first-order valence-corrected chi connectivity index (χ1v) is 12.0. The smallest absolute Gasteiger partial charge is 0.326 e. The van der Waals surface area contributed by atoms with Gasteiger partial charge in [0.1, 0.15) is 23.9 Å². The molecular formula is C26H30N4O10. The minimum absolute atomic E-state index is 0.0498. The summed E-state index contributed by atoms with van der Waals surface area (Å²) in [5, 5.41) is 43.8. The molecule has 0 bridgehead atoms. The van der Waals surface area contributed by atoms with Gasteiger partial charge in [0.15, 0.2) is 0 Å². The minimum Gasteiger partial charge on any atom is -0.508 e. The average molecular weight is 559 g/mol. The van der Waals surface area contributed by atoms with Crippen molar-refractivity contribution in [2.24, 2.45) is 5.73 Å². The highest BCUT2D eigenvalue weighted by atomic mass is 16.4. The molecule has 2 aromatic carbocycles. The van der Waals surface area contributed by atoms with Gasteiger partial charge in [-0.15, -0.1) is 0 Å². The SMILES string of the molecule is NC(CC(=O)O)C(=O)NC(Cc1ccc(O)cc1)C(=O)NC(Cc1ccccc1)C(=O)NC(CC(=O)O)C(=O)O. The predicted molar refractivity (Wildman–Crippen MR) is 138 cm³/mol. The van der Waals surface area contributed by atoms with Crippen molar-refractivity contribution in [3.05, 3.63) is 65.7 Å². The molecule has 3 amide bonds. The maximum absolute atomic E-state index is 13.4. The van der Waals surface area contributed by atoms with Crippen LogP contribution in [0.25, 0.3) is 0 Å². The van der Waals surface area contributed by atoms with Gasteiger partial charge >= 0.3 is 17.9 Å². The Morgan fingerprint density at radius 1 is 0.625 bits per heavy atom. The molecule has 2 rings (SSSR count). The lowest BCUT2D eigenvalue weighted by molar-refractivity contribution is -0.147. The summed E-state index contributed by atoms with van der Waals surface area (Å²) in [5.41, 5.74) is 6.70. The molecule has 0 spiro atoms. The molecule has 4 atom stereocenters. The zero-order valence-corrected chi connectivity index (χ0v) is 21.1. The van der Waals surface area contributed by atoms with Crippen LogP contribution in [0.1, 0.15) is 24.0 Å². The Morgan fingerprint density at radius 3 is 1.55 bits per heavy atom. The zero-order valence-electron chi connectivity index (χ0n) is 21.1. The maximum atomic E-state index is 13.4. The van der Waals surface area contributed by atoms with Gasteiger partial charge in [-0.3, -0.25) is 24.0 Å². The molecule has 214 valence electrons. The van der Waals surface area contributed by atoms with Crippen LogP contribution >= 0.6 is 0 Å². The summed E-state index contributed by atoms with van der Waals surface area (Å²) in [6.07, 6.45) is -1.88. The number of carboxylic acid groups (broad SMARTS) is 3. The highest BCUT2D eigenvalue weighted by molar-refractivity contribution is 5.95. The number of phenolic OH excluding ortho intramolecular Hbond substituents is 1. The number of benzene rings is 2. The van der Waals surface area contributed by atoms with Crippen LogP contribution in [0.5, 0.6) is 5.75 Å². The van der Waals surface area contributed by atoms with E-state index in [0.717, 1.165) is 0 Å². The number of aromatic hydroxyl groups is 1. The minimum atomic E-state index is -1.78. The van der Waals surface area contributed by atoms with E-state index in [0.29, 0.717) is 11.1 Å². The van der Waals surface area contributed by atoms with Crippen LogP contribution < -0.4 is 21.7 Å². The molecule has 40 heavy (non-hydrogen) atoms. The second-order valence-electron chi connectivity index (χ2n) is 8.88. The molecule has 14 nitrogen and oxygen atoms in total. The van der Waals surface area contributed by atoms with E-state index in [9.17, 15) is 39.0 Å². The van der Waals surface area contributed by atoms with Gasteiger partial charge in [-0.2, -0.15) is 0 Å². The van der Waals surface area contributed by atoms with E-state index in [1.165, 1.54) is 24.3 Å². The number of nitrogens with one attached hydrogen (secondary N) is 3. The number of carbonyl (C=O) groups excluding carboxylic acids is 3. The van der Waals surface area contributed by atoms with Crippen molar-refractivity contribution in [1.82, 2.24) is 16.0 Å². The van der Waals surface area contributed by atoms with E-state index < -0.39 is 72.6 Å². The summed E-state index contributed by atoms with van der Waals surface area (Å²) in [7, 11) is 0. The van der Waals surface area contributed by atoms with Crippen molar-refractivity contribution in [1.29, 1.82) is 0 Å². The van der Waals surface area contributed by atoms with Gasteiger partial charge in [0.25, 0.3) is 0 Å². The van der Waals surface area contributed by atoms with Crippen LogP contribution in [0.15, 0.2) is 54.6 Å². The quantitative estimate of drug-likeness (QED) is 0.132. The summed E-state index contributed by atoms with van der Waals surface area (Å²) in [4.78, 5) is 72.5. The summed E-state index contributed by atoms with van der Waals surface area (Å²) < 4.78 is 0. The van der Waals surface area contributed by atoms with Gasteiger partial charge < -0.3 is 42.1 Å². The second kappa shape index (κ2) is 14.8. The van der Waals surface area contributed by atoms with Crippen molar-refractivity contribution in [2.45, 2.75) is 49.9 Å². The fourth-order valence-electron chi connectivity index (χ4n) is 3.61. The molecule has 2 aromatic rings. The summed E-state index contributed by atoms with van der Waals surface area (Å²) in [5.74, 6) is -7.26. The van der Waals surface area contributed by atoms with Crippen LogP contribution in [-0.4, -0.2) is 80.2 Å². The number of aliphatic carboxylic acids is 3. The van der Waals surface area contributed by atoms with E-state index in [1.807, 2.05) is 0 Å². The number of carbonyl (C=O) groups is 6. The molecule has 0 saturated heterocycles. The monoisotopic (exact) mass is 558 g/mol. The van der Waals surface area contributed by atoms with Crippen molar-refractivity contribution >= 4 is 35.6 Å². The van der Waals surface area contributed by atoms with Crippen molar-refractivity contribution in [3.63, 3.8) is 0 Å². The Morgan fingerprint density at radius 2 is 1.07 bits per heavy atom. The van der Waals surface area contributed by atoms with Gasteiger partial charge in [-0.05, 0) is 23.3 Å². The van der Waals surface area contributed by atoms with E-state index in [4.69, 9.17) is 15.9 Å². The molecule has 0 aliphatic rings. The first-order chi connectivity index (χ1) is 18.8. The number of hydrogen-bond acceptors (Lipinski definition) is 8. The fourth-order valence-corrected chi connectivity index (χ4v) is 3.61. The van der Waals surface area contributed by atoms with Gasteiger partial charge in [-0.25, -0.2) is 4.79 Å². The fraction of sp³-hybridized carbons (Fsp3) is 0.308. The Kier molecular flexibility index (Phi) is 11.6. The van der Waals surface area contributed by atoms with Crippen molar-refractivity contribution < 1.29 is 49.2 Å². The molecule has 0 aliphatic carbocycles. The van der Waals surface area contributed by atoms with E-state index in [1.54, 1.807) is 30.3 Å². The van der Waals surface area contributed by atoms with Crippen LogP contribution in [0.2, 0.25) is 0 Å². The first-order valence-electron chi connectivity index (χ1n) is 12.0. The third kappa shape index (κ3) is 10.4. The summed E-state index contributed by atoms with van der Waals surface area (Å²) in [6, 6.07) is 8.02. The number of amides is 3. The highest BCUT2D eigenvalue weighted by Gasteiger charge is 2.31. The molecule has 0 heterocycles. The third-order valence-corrected chi connectivity index (χ3v) is 5.65. The second-order valence-corrected chi connectivity index (χ2v) is 8.88. The van der Waals surface area contributed by atoms with Crippen molar-refractivity contribution in [3.8, 4) is 5.75 Å². The van der Waals surface area contributed by atoms with Crippen LogP contribution in [0.4, 0.5) is 0 Å². The molecule has 4 unspecified atom stereocenters. The molecule has 0 radical (unpaired) electrons. The van der Waals surface area contributed by atoms with Crippen LogP contribution in [-0.2, 0) is 41.6 Å². The number of carboxylic acids is 3. The number of hydrogen-bond donors (Lipinski definition) is 8.